The van der Waals surface area contributed by atoms with Gasteiger partial charge in [-0.05, 0) is 31.0 Å². The third-order valence-electron chi connectivity index (χ3n) is 2.84. The predicted octanol–water partition coefficient (Wildman–Crippen LogP) is 3.06. The lowest BCUT2D eigenvalue weighted by Crippen LogP contribution is -2.34. The van der Waals surface area contributed by atoms with E-state index in [-0.39, 0.29) is 33.9 Å². The summed E-state index contributed by atoms with van der Waals surface area (Å²) in [5, 5.41) is 9.19. The Bertz CT molecular complexity index is 601. The van der Waals surface area contributed by atoms with Crippen molar-refractivity contribution in [2.24, 2.45) is 0 Å². The Morgan fingerprint density at radius 1 is 1.26 bits per heavy atom. The number of nitriles is 1. The standard InChI is InChI=1S/C12H12Cl2N2O2S/c13-9-6-10(14)8-12(7-9)19(17,18)16(5-1-4-15)11-2-3-11/h6-8,11H,1-3,5H2. The lowest BCUT2D eigenvalue weighted by molar-refractivity contribution is 0.411. The summed E-state index contributed by atoms with van der Waals surface area (Å²) in [4.78, 5) is 0.0786. The van der Waals surface area contributed by atoms with Crippen LogP contribution in [0.1, 0.15) is 19.3 Å². The largest absolute Gasteiger partial charge is 0.243 e. The van der Waals surface area contributed by atoms with Crippen molar-refractivity contribution in [3.8, 4) is 6.07 Å². The van der Waals surface area contributed by atoms with Gasteiger partial charge >= 0.3 is 0 Å². The number of halogens is 2. The lowest BCUT2D eigenvalue weighted by Gasteiger charge is -2.20. The van der Waals surface area contributed by atoms with Gasteiger partial charge in [0.25, 0.3) is 0 Å². The van der Waals surface area contributed by atoms with Crippen LogP contribution in [0.2, 0.25) is 10.0 Å². The Morgan fingerprint density at radius 2 is 1.84 bits per heavy atom. The van der Waals surface area contributed by atoms with Crippen LogP contribution in [0, 0.1) is 11.3 Å². The summed E-state index contributed by atoms with van der Waals surface area (Å²) < 4.78 is 26.4. The zero-order valence-electron chi connectivity index (χ0n) is 10.0. The van der Waals surface area contributed by atoms with E-state index in [2.05, 4.69) is 0 Å². The highest BCUT2D eigenvalue weighted by molar-refractivity contribution is 7.89. The quantitative estimate of drug-likeness (QED) is 0.838. The molecular weight excluding hydrogens is 307 g/mol. The van der Waals surface area contributed by atoms with Crippen LogP contribution in [0.4, 0.5) is 0 Å². The van der Waals surface area contributed by atoms with Gasteiger partial charge in [-0.3, -0.25) is 0 Å². The van der Waals surface area contributed by atoms with Crippen molar-refractivity contribution in [3.63, 3.8) is 0 Å². The molecule has 0 radical (unpaired) electrons. The van der Waals surface area contributed by atoms with Gasteiger partial charge in [-0.2, -0.15) is 9.57 Å². The van der Waals surface area contributed by atoms with Gasteiger partial charge in [-0.25, -0.2) is 8.42 Å². The Kier molecular flexibility index (Phi) is 4.36. The van der Waals surface area contributed by atoms with Crippen molar-refractivity contribution in [3.05, 3.63) is 28.2 Å². The number of nitrogens with zero attached hydrogens (tertiary/aromatic N) is 2. The molecule has 0 atom stereocenters. The highest BCUT2D eigenvalue weighted by Gasteiger charge is 2.37. The first kappa shape index (κ1) is 14.6. The minimum atomic E-state index is -3.64. The molecule has 0 aliphatic heterocycles. The molecule has 0 N–H and O–H groups in total. The van der Waals surface area contributed by atoms with Gasteiger partial charge in [0.1, 0.15) is 0 Å². The maximum Gasteiger partial charge on any atom is 0.243 e. The SMILES string of the molecule is N#CCCN(C1CC1)S(=O)(=O)c1cc(Cl)cc(Cl)c1. The van der Waals surface area contributed by atoms with Gasteiger partial charge < -0.3 is 0 Å². The van der Waals surface area contributed by atoms with Gasteiger partial charge in [-0.15, -0.1) is 0 Å². The molecule has 0 bridgehead atoms. The predicted molar refractivity (Wildman–Crippen MR) is 73.6 cm³/mol. The van der Waals surface area contributed by atoms with Crippen molar-refractivity contribution < 1.29 is 8.42 Å². The van der Waals surface area contributed by atoms with Crippen LogP contribution in [0.5, 0.6) is 0 Å². The number of rotatable bonds is 5. The van der Waals surface area contributed by atoms with Gasteiger partial charge in [0, 0.05) is 29.1 Å². The second-order valence-corrected chi connectivity index (χ2v) is 7.12. The fraction of sp³-hybridized carbons (Fsp3) is 0.417. The highest BCUT2D eigenvalue weighted by Crippen LogP contribution is 2.33. The van der Waals surface area contributed by atoms with Crippen molar-refractivity contribution in [2.45, 2.75) is 30.2 Å². The van der Waals surface area contributed by atoms with Crippen molar-refractivity contribution >= 4 is 33.2 Å². The number of hydrogen-bond acceptors (Lipinski definition) is 3. The van der Waals surface area contributed by atoms with Crippen LogP contribution in [-0.2, 0) is 10.0 Å². The average Bonchev–Trinajstić information content (AvgIpc) is 3.12. The van der Waals surface area contributed by atoms with Gasteiger partial charge in [0.15, 0.2) is 0 Å². The minimum Gasteiger partial charge on any atom is -0.207 e. The molecule has 0 spiro atoms. The summed E-state index contributed by atoms with van der Waals surface area (Å²) in [7, 11) is -3.64. The Balaban J connectivity index is 2.36. The van der Waals surface area contributed by atoms with Crippen LogP contribution in [0.25, 0.3) is 0 Å². The summed E-state index contributed by atoms with van der Waals surface area (Å²) in [6, 6.07) is 6.21. The van der Waals surface area contributed by atoms with Crippen LogP contribution >= 0.6 is 23.2 Å². The maximum absolute atomic E-state index is 12.5. The van der Waals surface area contributed by atoms with Crippen LogP contribution in [0.15, 0.2) is 23.1 Å². The summed E-state index contributed by atoms with van der Waals surface area (Å²) in [6.45, 7) is 0.202. The number of sulfonamides is 1. The van der Waals surface area contributed by atoms with E-state index in [4.69, 9.17) is 28.5 Å². The molecular formula is C12H12Cl2N2O2S. The van der Waals surface area contributed by atoms with E-state index in [1.165, 1.54) is 22.5 Å². The summed E-state index contributed by atoms with van der Waals surface area (Å²) in [6.07, 6.45) is 1.84. The normalized spacial score (nSPS) is 15.5. The second kappa shape index (κ2) is 5.68. The number of benzene rings is 1. The molecule has 0 unspecified atom stereocenters. The van der Waals surface area contributed by atoms with E-state index in [1.54, 1.807) is 0 Å². The Morgan fingerprint density at radius 3 is 2.32 bits per heavy atom. The third kappa shape index (κ3) is 3.40. The fourth-order valence-electron chi connectivity index (χ4n) is 1.83. The maximum atomic E-state index is 12.5. The molecule has 1 aliphatic carbocycles. The average molecular weight is 319 g/mol. The summed E-state index contributed by atoms with van der Waals surface area (Å²) in [5.41, 5.74) is 0. The molecule has 102 valence electrons. The molecule has 0 saturated heterocycles. The van der Waals surface area contributed by atoms with E-state index in [9.17, 15) is 8.42 Å². The molecule has 1 aromatic carbocycles. The van der Waals surface area contributed by atoms with E-state index in [1.807, 2.05) is 6.07 Å². The molecule has 1 aromatic rings. The van der Waals surface area contributed by atoms with Crippen LogP contribution in [-0.4, -0.2) is 25.3 Å². The first-order valence-electron chi connectivity index (χ1n) is 5.80. The Hall–Kier alpha value is -0.800. The Labute approximate surface area is 122 Å². The van der Waals surface area contributed by atoms with E-state index in [0.717, 1.165) is 12.8 Å². The molecule has 4 nitrogen and oxygen atoms in total. The molecule has 19 heavy (non-hydrogen) atoms. The van der Waals surface area contributed by atoms with Crippen LogP contribution < -0.4 is 0 Å². The second-order valence-electron chi connectivity index (χ2n) is 4.36. The minimum absolute atomic E-state index is 0.00360. The molecule has 1 aliphatic rings. The smallest absolute Gasteiger partial charge is 0.207 e. The van der Waals surface area contributed by atoms with Crippen LogP contribution in [0.3, 0.4) is 0 Å². The van der Waals surface area contributed by atoms with Gasteiger partial charge in [-0.1, -0.05) is 23.2 Å². The first-order valence-corrected chi connectivity index (χ1v) is 7.99. The molecule has 1 fully saturated rings. The van der Waals surface area contributed by atoms with Crippen molar-refractivity contribution in [2.75, 3.05) is 6.54 Å². The monoisotopic (exact) mass is 318 g/mol. The molecule has 0 amide bonds. The molecule has 2 rings (SSSR count). The number of hydrogen-bond donors (Lipinski definition) is 0. The summed E-state index contributed by atoms with van der Waals surface area (Å²) >= 11 is 11.7. The van der Waals surface area contributed by atoms with E-state index < -0.39 is 10.0 Å². The van der Waals surface area contributed by atoms with E-state index >= 15 is 0 Å². The highest BCUT2D eigenvalue weighted by atomic mass is 35.5. The molecule has 0 heterocycles. The van der Waals surface area contributed by atoms with E-state index in [0.29, 0.717) is 0 Å². The van der Waals surface area contributed by atoms with Gasteiger partial charge in [0.2, 0.25) is 10.0 Å². The fourth-order valence-corrected chi connectivity index (χ4v) is 4.25. The zero-order chi connectivity index (χ0) is 14.0. The van der Waals surface area contributed by atoms with Gasteiger partial charge in [0.05, 0.1) is 11.0 Å². The first-order chi connectivity index (χ1) is 8.95. The molecule has 7 heteroatoms. The molecule has 1 saturated carbocycles. The third-order valence-corrected chi connectivity index (χ3v) is 5.21. The zero-order valence-corrected chi connectivity index (χ0v) is 12.3. The van der Waals surface area contributed by atoms with Crippen molar-refractivity contribution in [1.29, 1.82) is 5.26 Å². The summed E-state index contributed by atoms with van der Waals surface area (Å²) in [5.74, 6) is 0. The van der Waals surface area contributed by atoms with Crippen molar-refractivity contribution in [1.82, 2.24) is 4.31 Å². The topological polar surface area (TPSA) is 61.2 Å². The lowest BCUT2D eigenvalue weighted by atomic mass is 10.4. The molecule has 0 aromatic heterocycles.